The van der Waals surface area contributed by atoms with Gasteiger partial charge in [0.1, 0.15) is 11.6 Å². The lowest BCUT2D eigenvalue weighted by Crippen LogP contribution is -2.38. The van der Waals surface area contributed by atoms with Crippen LogP contribution in [0.3, 0.4) is 0 Å². The van der Waals surface area contributed by atoms with Gasteiger partial charge in [-0.3, -0.25) is 0 Å². The van der Waals surface area contributed by atoms with Crippen molar-refractivity contribution in [3.8, 4) is 5.75 Å². The van der Waals surface area contributed by atoms with Gasteiger partial charge in [0.15, 0.2) is 0 Å². The lowest BCUT2D eigenvalue weighted by Gasteiger charge is -2.34. The second-order valence-corrected chi connectivity index (χ2v) is 8.44. The van der Waals surface area contributed by atoms with E-state index in [0.29, 0.717) is 6.61 Å². The molecule has 0 amide bonds. The van der Waals surface area contributed by atoms with E-state index in [1.165, 1.54) is 24.5 Å². The molecule has 0 atom stereocenters. The zero-order chi connectivity index (χ0) is 21.3. The Morgan fingerprint density at radius 1 is 1.07 bits per heavy atom. The van der Waals surface area contributed by atoms with Crippen LogP contribution in [0.25, 0.3) is 0 Å². The summed E-state index contributed by atoms with van der Waals surface area (Å²) in [6, 6.07) is 13.3. The normalized spacial score (nSPS) is 15.6. The molecule has 1 aliphatic rings. The van der Waals surface area contributed by atoms with Crippen LogP contribution in [0.4, 0.5) is 4.39 Å². The Balaban J connectivity index is 1.41. The number of hydrogen-bond donors (Lipinski definition) is 0. The fourth-order valence-corrected chi connectivity index (χ4v) is 4.39. The van der Waals surface area contributed by atoms with E-state index in [2.05, 4.69) is 29.0 Å². The second kappa shape index (κ2) is 11.4. The fraction of sp³-hybridized carbons (Fsp3) is 0.520. The topological polar surface area (TPSA) is 24.9 Å². The minimum absolute atomic E-state index is 0.138. The van der Waals surface area contributed by atoms with E-state index < -0.39 is 0 Å². The Morgan fingerprint density at radius 2 is 1.87 bits per heavy atom. The number of methoxy groups -OCH3 is 2. The van der Waals surface area contributed by atoms with Crippen molar-refractivity contribution in [2.24, 2.45) is 5.92 Å². The highest BCUT2D eigenvalue weighted by atomic mass is 19.1. The highest BCUT2D eigenvalue weighted by Crippen LogP contribution is 2.23. The SMILES string of the molecule is COCc1cc(CN(C)CC2CCN(CCc3cccc(F)c3)CC2)ccc1OC. The van der Waals surface area contributed by atoms with E-state index in [4.69, 9.17) is 9.47 Å². The van der Waals surface area contributed by atoms with Crippen molar-refractivity contribution >= 4 is 0 Å². The Labute approximate surface area is 180 Å². The van der Waals surface area contributed by atoms with Gasteiger partial charge < -0.3 is 19.3 Å². The zero-order valence-corrected chi connectivity index (χ0v) is 18.6. The van der Waals surface area contributed by atoms with Crippen LogP contribution in [0, 0.1) is 11.7 Å². The van der Waals surface area contributed by atoms with Gasteiger partial charge in [-0.15, -0.1) is 0 Å². The van der Waals surface area contributed by atoms with Gasteiger partial charge in [0.2, 0.25) is 0 Å². The predicted molar refractivity (Wildman–Crippen MR) is 119 cm³/mol. The average Bonchev–Trinajstić information content (AvgIpc) is 2.74. The Morgan fingerprint density at radius 3 is 2.57 bits per heavy atom. The molecular weight excluding hydrogens is 379 g/mol. The third kappa shape index (κ3) is 6.79. The van der Waals surface area contributed by atoms with Gasteiger partial charge in [-0.05, 0) is 80.7 Å². The van der Waals surface area contributed by atoms with Gasteiger partial charge in [-0.25, -0.2) is 4.39 Å². The Hall–Kier alpha value is -1.95. The van der Waals surface area contributed by atoms with Crippen LogP contribution in [-0.2, 0) is 24.3 Å². The summed E-state index contributed by atoms with van der Waals surface area (Å²) in [6.45, 7) is 5.89. The minimum atomic E-state index is -0.138. The number of nitrogens with zero attached hydrogens (tertiary/aromatic N) is 2. The van der Waals surface area contributed by atoms with Crippen molar-refractivity contribution in [1.29, 1.82) is 0 Å². The van der Waals surface area contributed by atoms with E-state index in [-0.39, 0.29) is 5.82 Å². The first kappa shape index (κ1) is 22.7. The van der Waals surface area contributed by atoms with Crippen molar-refractivity contribution in [3.63, 3.8) is 0 Å². The number of hydrogen-bond acceptors (Lipinski definition) is 4. The summed E-state index contributed by atoms with van der Waals surface area (Å²) in [7, 11) is 5.62. The molecule has 0 aromatic heterocycles. The van der Waals surface area contributed by atoms with Crippen molar-refractivity contribution in [2.45, 2.75) is 32.4 Å². The van der Waals surface area contributed by atoms with E-state index in [1.54, 1.807) is 26.4 Å². The first-order chi connectivity index (χ1) is 14.6. The molecule has 1 heterocycles. The number of ether oxygens (including phenoxy) is 2. The number of likely N-dealkylation sites (tertiary alicyclic amines) is 1. The summed E-state index contributed by atoms with van der Waals surface area (Å²) in [4.78, 5) is 4.94. The maximum absolute atomic E-state index is 13.3. The molecule has 0 unspecified atom stereocenters. The fourth-order valence-electron chi connectivity index (χ4n) is 4.39. The van der Waals surface area contributed by atoms with Crippen LogP contribution < -0.4 is 4.74 Å². The van der Waals surface area contributed by atoms with Gasteiger partial charge in [0.05, 0.1) is 13.7 Å². The first-order valence-electron chi connectivity index (χ1n) is 10.9. The highest BCUT2D eigenvalue weighted by Gasteiger charge is 2.20. The molecule has 164 valence electrons. The van der Waals surface area contributed by atoms with E-state index in [9.17, 15) is 4.39 Å². The van der Waals surface area contributed by atoms with Gasteiger partial charge in [0, 0.05) is 32.3 Å². The monoisotopic (exact) mass is 414 g/mol. The summed E-state index contributed by atoms with van der Waals surface area (Å²) < 4.78 is 24.1. The minimum Gasteiger partial charge on any atom is -0.496 e. The first-order valence-corrected chi connectivity index (χ1v) is 10.9. The van der Waals surface area contributed by atoms with Crippen LogP contribution in [0.1, 0.15) is 29.5 Å². The average molecular weight is 415 g/mol. The van der Waals surface area contributed by atoms with Crippen LogP contribution in [0.5, 0.6) is 5.75 Å². The van der Waals surface area contributed by atoms with Crippen LogP contribution in [0.2, 0.25) is 0 Å². The summed E-state index contributed by atoms with van der Waals surface area (Å²) in [5.74, 6) is 1.48. The molecule has 0 bridgehead atoms. The quantitative estimate of drug-likeness (QED) is 0.577. The van der Waals surface area contributed by atoms with Crippen molar-refractivity contribution in [3.05, 3.63) is 65.0 Å². The van der Waals surface area contributed by atoms with Crippen molar-refractivity contribution < 1.29 is 13.9 Å². The number of rotatable bonds is 10. The molecule has 2 aromatic rings. The number of piperidine rings is 1. The molecule has 0 saturated carbocycles. The molecule has 30 heavy (non-hydrogen) atoms. The van der Waals surface area contributed by atoms with Gasteiger partial charge in [0.25, 0.3) is 0 Å². The number of benzene rings is 2. The second-order valence-electron chi connectivity index (χ2n) is 8.44. The molecule has 0 radical (unpaired) electrons. The molecular formula is C25H35FN2O2. The van der Waals surface area contributed by atoms with E-state index in [1.807, 2.05) is 12.1 Å². The standard InChI is InChI=1S/C25H35FN2O2/c1-27(18-22-7-8-25(30-3)23(15-22)19-29-2)17-21-10-13-28(14-11-21)12-9-20-5-4-6-24(26)16-20/h4-8,15-16,21H,9-14,17-19H2,1-3H3. The number of halogens is 1. The van der Waals surface area contributed by atoms with Crippen molar-refractivity contribution in [2.75, 3.05) is 47.4 Å². The summed E-state index contributed by atoms with van der Waals surface area (Å²) >= 11 is 0. The predicted octanol–water partition coefficient (Wildman–Crippen LogP) is 4.37. The molecule has 4 nitrogen and oxygen atoms in total. The molecule has 5 heteroatoms. The molecule has 2 aromatic carbocycles. The third-order valence-electron chi connectivity index (χ3n) is 5.98. The zero-order valence-electron chi connectivity index (χ0n) is 18.6. The maximum Gasteiger partial charge on any atom is 0.124 e. The molecule has 1 aliphatic heterocycles. The molecule has 0 N–H and O–H groups in total. The molecule has 1 fully saturated rings. The lowest BCUT2D eigenvalue weighted by atomic mass is 9.95. The largest absolute Gasteiger partial charge is 0.496 e. The maximum atomic E-state index is 13.3. The molecule has 1 saturated heterocycles. The molecule has 0 aliphatic carbocycles. The van der Waals surface area contributed by atoms with Crippen molar-refractivity contribution in [1.82, 2.24) is 9.80 Å². The van der Waals surface area contributed by atoms with Gasteiger partial charge in [-0.1, -0.05) is 18.2 Å². The summed E-state index contributed by atoms with van der Waals surface area (Å²) in [6.07, 6.45) is 3.37. The molecule has 0 spiro atoms. The summed E-state index contributed by atoms with van der Waals surface area (Å²) in [5.41, 5.74) is 3.47. The van der Waals surface area contributed by atoms with E-state index in [0.717, 1.165) is 61.9 Å². The third-order valence-corrected chi connectivity index (χ3v) is 5.98. The Kier molecular flexibility index (Phi) is 8.67. The van der Waals surface area contributed by atoms with Gasteiger partial charge in [-0.2, -0.15) is 0 Å². The van der Waals surface area contributed by atoms with Crippen LogP contribution in [-0.4, -0.2) is 57.2 Å². The van der Waals surface area contributed by atoms with Gasteiger partial charge >= 0.3 is 0 Å². The lowest BCUT2D eigenvalue weighted by molar-refractivity contribution is 0.153. The Bertz CT molecular complexity index is 790. The summed E-state index contributed by atoms with van der Waals surface area (Å²) in [5, 5.41) is 0. The van der Waals surface area contributed by atoms with E-state index >= 15 is 0 Å². The smallest absolute Gasteiger partial charge is 0.124 e. The highest BCUT2D eigenvalue weighted by molar-refractivity contribution is 5.36. The molecule has 3 rings (SSSR count). The van der Waals surface area contributed by atoms with Crippen LogP contribution in [0.15, 0.2) is 42.5 Å². The van der Waals surface area contributed by atoms with Crippen LogP contribution >= 0.6 is 0 Å².